The molecule has 0 amide bonds. The van der Waals surface area contributed by atoms with Crippen molar-refractivity contribution in [1.82, 2.24) is 0 Å². The third kappa shape index (κ3) is 3.42. The average Bonchev–Trinajstić information content (AvgIpc) is 2.61. The first-order valence-corrected chi connectivity index (χ1v) is 9.52. The zero-order valence-electron chi connectivity index (χ0n) is 14.5. The number of benzene rings is 1. The van der Waals surface area contributed by atoms with Crippen LogP contribution in [0.2, 0.25) is 0 Å². The molecule has 0 aliphatic carbocycles. The predicted octanol–water partition coefficient (Wildman–Crippen LogP) is 4.07. The minimum atomic E-state index is -0.836. The molecule has 1 aromatic rings. The summed E-state index contributed by atoms with van der Waals surface area (Å²) >= 11 is 6.17. The monoisotopic (exact) mass is 340 g/mol. The van der Waals surface area contributed by atoms with Gasteiger partial charge in [-0.15, -0.1) is 0 Å². The summed E-state index contributed by atoms with van der Waals surface area (Å²) in [6.07, 6.45) is -0.192. The van der Waals surface area contributed by atoms with Crippen LogP contribution in [0.15, 0.2) is 24.3 Å². The molecule has 3 saturated heterocycles. The van der Waals surface area contributed by atoms with Crippen molar-refractivity contribution >= 4 is 11.6 Å². The van der Waals surface area contributed by atoms with Gasteiger partial charge in [-0.2, -0.15) is 0 Å². The molecule has 4 heteroatoms. The number of halogens is 2. The standard InChI is InChI=1S/C19H30ClFN2/c1-16(2)17-5-3-4-6-18(17)19(21)7-8-22-9-12-23(15-20,13-10-22)14-11-22/h3-6,16,19H,7-15H2,1-2H3/q+2. The Balaban J connectivity index is 1.63. The summed E-state index contributed by atoms with van der Waals surface area (Å²) in [6, 6.07) is 8.78. The van der Waals surface area contributed by atoms with Gasteiger partial charge in [-0.1, -0.05) is 49.7 Å². The van der Waals surface area contributed by atoms with E-state index in [1.54, 1.807) is 0 Å². The lowest BCUT2D eigenvalue weighted by molar-refractivity contribution is -1.08. The van der Waals surface area contributed by atoms with Crippen molar-refractivity contribution in [2.75, 3.05) is 51.8 Å². The molecule has 3 aliphatic rings. The van der Waals surface area contributed by atoms with Crippen LogP contribution in [0.1, 0.15) is 43.5 Å². The molecule has 0 N–H and O–H groups in total. The van der Waals surface area contributed by atoms with E-state index in [4.69, 9.17) is 11.6 Å². The van der Waals surface area contributed by atoms with Gasteiger partial charge in [0, 0.05) is 6.42 Å². The fraction of sp³-hybridized carbons (Fsp3) is 0.684. The Morgan fingerprint density at radius 2 is 1.48 bits per heavy atom. The highest BCUT2D eigenvalue weighted by molar-refractivity contribution is 6.17. The highest BCUT2D eigenvalue weighted by atomic mass is 35.5. The summed E-state index contributed by atoms with van der Waals surface area (Å²) in [5.74, 6) is 0.378. The van der Waals surface area contributed by atoms with Crippen molar-refractivity contribution in [3.05, 3.63) is 35.4 Å². The first-order chi connectivity index (χ1) is 11.0. The van der Waals surface area contributed by atoms with Crippen LogP contribution in [0.4, 0.5) is 4.39 Å². The fourth-order valence-corrected chi connectivity index (χ4v) is 4.68. The van der Waals surface area contributed by atoms with E-state index in [-0.39, 0.29) is 0 Å². The first kappa shape index (κ1) is 17.2. The zero-order chi connectivity index (χ0) is 16.5. The molecule has 23 heavy (non-hydrogen) atoms. The lowest BCUT2D eigenvalue weighted by atomic mass is 9.93. The molecule has 0 spiro atoms. The quantitative estimate of drug-likeness (QED) is 0.416. The van der Waals surface area contributed by atoms with Crippen LogP contribution in [0, 0.1) is 0 Å². The van der Waals surface area contributed by atoms with E-state index in [1.807, 2.05) is 18.2 Å². The van der Waals surface area contributed by atoms with Crippen molar-refractivity contribution in [1.29, 1.82) is 0 Å². The number of alkyl halides is 2. The minimum Gasteiger partial charge on any atom is -0.310 e. The topological polar surface area (TPSA) is 0 Å². The molecule has 4 rings (SSSR count). The molecule has 1 atom stereocenters. The summed E-state index contributed by atoms with van der Waals surface area (Å²) in [4.78, 5) is 0. The number of hydrogen-bond donors (Lipinski definition) is 0. The Hall–Kier alpha value is -0.640. The normalized spacial score (nSPS) is 31.5. The van der Waals surface area contributed by atoms with Crippen LogP contribution in [0.3, 0.4) is 0 Å². The van der Waals surface area contributed by atoms with E-state index in [1.165, 1.54) is 39.3 Å². The van der Waals surface area contributed by atoms with Gasteiger partial charge in [0.2, 0.25) is 0 Å². The van der Waals surface area contributed by atoms with Crippen LogP contribution in [0.25, 0.3) is 0 Å². The van der Waals surface area contributed by atoms with Crippen molar-refractivity contribution in [3.8, 4) is 0 Å². The Bertz CT molecular complexity index is 521. The molecule has 0 saturated carbocycles. The van der Waals surface area contributed by atoms with Gasteiger partial charge in [-0.05, 0) is 17.0 Å². The Labute approximate surface area is 145 Å². The molecule has 3 aliphatic heterocycles. The van der Waals surface area contributed by atoms with Crippen molar-refractivity contribution < 1.29 is 13.4 Å². The van der Waals surface area contributed by atoms with Gasteiger partial charge in [0.15, 0.2) is 6.00 Å². The average molecular weight is 341 g/mol. The highest BCUT2D eigenvalue weighted by Gasteiger charge is 2.48. The molecule has 128 valence electrons. The van der Waals surface area contributed by atoms with Crippen molar-refractivity contribution in [3.63, 3.8) is 0 Å². The Kier molecular flexibility index (Phi) is 5.01. The van der Waals surface area contributed by atoms with E-state index < -0.39 is 6.17 Å². The van der Waals surface area contributed by atoms with Gasteiger partial charge in [0.25, 0.3) is 0 Å². The number of rotatable bonds is 6. The second kappa shape index (κ2) is 6.70. The fourth-order valence-electron chi connectivity index (χ4n) is 4.32. The van der Waals surface area contributed by atoms with Crippen LogP contribution in [-0.2, 0) is 0 Å². The third-order valence-corrected chi connectivity index (χ3v) is 6.72. The highest BCUT2D eigenvalue weighted by Crippen LogP contribution is 2.33. The van der Waals surface area contributed by atoms with Crippen LogP contribution < -0.4 is 0 Å². The van der Waals surface area contributed by atoms with Gasteiger partial charge < -0.3 is 4.48 Å². The first-order valence-electron chi connectivity index (χ1n) is 8.98. The molecule has 1 aromatic carbocycles. The summed E-state index contributed by atoms with van der Waals surface area (Å²) < 4.78 is 17.1. The van der Waals surface area contributed by atoms with Gasteiger partial charge in [0.1, 0.15) is 45.4 Å². The number of hydrogen-bond acceptors (Lipinski definition) is 0. The molecule has 0 aromatic heterocycles. The molecule has 3 heterocycles. The van der Waals surface area contributed by atoms with E-state index in [2.05, 4.69) is 19.9 Å². The molecule has 1 unspecified atom stereocenters. The molecule has 0 radical (unpaired) electrons. The van der Waals surface area contributed by atoms with E-state index >= 15 is 0 Å². The largest absolute Gasteiger partial charge is 0.310 e. The number of nitrogens with zero attached hydrogens (tertiary/aromatic N) is 2. The number of fused-ring (bicyclic) bond motifs is 3. The summed E-state index contributed by atoms with van der Waals surface area (Å²) in [6.45, 7) is 12.3. The Morgan fingerprint density at radius 3 is 2.00 bits per heavy atom. The molecular weight excluding hydrogens is 311 g/mol. The second-order valence-electron chi connectivity index (χ2n) is 7.91. The maximum absolute atomic E-state index is 14.9. The van der Waals surface area contributed by atoms with Gasteiger partial charge in [0.05, 0.1) is 6.54 Å². The van der Waals surface area contributed by atoms with Gasteiger partial charge in [-0.3, -0.25) is 4.48 Å². The summed E-state index contributed by atoms with van der Waals surface area (Å²) in [5.41, 5.74) is 2.07. The number of piperazine rings is 3. The van der Waals surface area contributed by atoms with Crippen molar-refractivity contribution in [2.24, 2.45) is 0 Å². The van der Waals surface area contributed by atoms with Crippen LogP contribution in [0.5, 0.6) is 0 Å². The molecule has 2 bridgehead atoms. The maximum Gasteiger partial charge on any atom is 0.155 e. The Morgan fingerprint density at radius 1 is 0.957 bits per heavy atom. The predicted molar refractivity (Wildman–Crippen MR) is 94.3 cm³/mol. The summed E-state index contributed by atoms with van der Waals surface area (Å²) in [5, 5.41) is 0. The maximum atomic E-state index is 14.9. The zero-order valence-corrected chi connectivity index (χ0v) is 15.2. The molecular formula is C19H30ClFN2+2. The molecule has 3 fully saturated rings. The minimum absolute atomic E-state index is 0.378. The van der Waals surface area contributed by atoms with Crippen molar-refractivity contribution in [2.45, 2.75) is 32.4 Å². The van der Waals surface area contributed by atoms with E-state index in [0.29, 0.717) is 12.3 Å². The second-order valence-corrected chi connectivity index (χ2v) is 8.15. The van der Waals surface area contributed by atoms with E-state index in [9.17, 15) is 4.39 Å². The van der Waals surface area contributed by atoms with E-state index in [0.717, 1.165) is 32.6 Å². The SMILES string of the molecule is CC(C)c1ccccc1C(F)CC[N+]12CC[N+](CCl)(CC1)CC2. The lowest BCUT2D eigenvalue weighted by Crippen LogP contribution is -2.74. The van der Waals surface area contributed by atoms with Gasteiger partial charge in [-0.25, -0.2) is 4.39 Å². The smallest absolute Gasteiger partial charge is 0.155 e. The van der Waals surface area contributed by atoms with Gasteiger partial charge >= 0.3 is 0 Å². The molecule has 2 nitrogen and oxygen atoms in total. The lowest BCUT2D eigenvalue weighted by Gasteiger charge is -2.55. The van der Waals surface area contributed by atoms with Crippen LogP contribution in [-0.4, -0.2) is 60.8 Å². The van der Waals surface area contributed by atoms with Crippen LogP contribution >= 0.6 is 11.6 Å². The summed E-state index contributed by atoms with van der Waals surface area (Å²) in [7, 11) is 0. The third-order valence-electron chi connectivity index (χ3n) is 6.21. The number of quaternary nitrogens is 2.